The van der Waals surface area contributed by atoms with Crippen molar-refractivity contribution in [3.8, 4) is 0 Å². The number of aliphatic imine (C=N–C) groups is 1. The molecule has 180 valence electrons. The molecule has 0 saturated carbocycles. The van der Waals surface area contributed by atoms with Crippen LogP contribution in [0.2, 0.25) is 0 Å². The van der Waals surface area contributed by atoms with E-state index in [9.17, 15) is 10.2 Å². The summed E-state index contributed by atoms with van der Waals surface area (Å²) in [6.45, 7) is 5.32. The van der Waals surface area contributed by atoms with Crippen LogP contribution in [-0.2, 0) is 6.54 Å². The van der Waals surface area contributed by atoms with Crippen LogP contribution in [0.4, 0.5) is 5.69 Å². The van der Waals surface area contributed by atoms with Crippen LogP contribution >= 0.6 is 11.8 Å². The topological polar surface area (TPSA) is 63.2 Å². The number of aliphatic hydroxyl groups is 2. The number of hydrogen-bond acceptors (Lipinski definition) is 5. The molecule has 2 N–H and O–H groups in total. The molecule has 0 radical (unpaired) electrons. The van der Waals surface area contributed by atoms with E-state index in [1.165, 1.54) is 12.0 Å². The van der Waals surface area contributed by atoms with E-state index in [0.29, 0.717) is 13.1 Å². The lowest BCUT2D eigenvalue weighted by molar-refractivity contribution is -0.697. The fraction of sp³-hybridized carbons (Fsp3) is 0.462. The van der Waals surface area contributed by atoms with Crippen molar-refractivity contribution in [2.45, 2.75) is 26.3 Å². The molecule has 0 bridgehead atoms. The van der Waals surface area contributed by atoms with Crippen molar-refractivity contribution in [3.63, 3.8) is 0 Å². The van der Waals surface area contributed by atoms with Crippen molar-refractivity contribution in [2.24, 2.45) is 4.99 Å². The summed E-state index contributed by atoms with van der Waals surface area (Å²) in [5.41, 5.74) is 3.29. The summed E-state index contributed by atoms with van der Waals surface area (Å²) in [6, 6.07) is 12.4. The zero-order chi connectivity index (χ0) is 23.9. The molecular weight excluding hydrogens is 432 g/mol. The largest absolute Gasteiger partial charge is 0.395 e. The molecule has 0 aliphatic heterocycles. The summed E-state index contributed by atoms with van der Waals surface area (Å²) in [6.07, 6.45) is 10.8. The van der Waals surface area contributed by atoms with Crippen molar-refractivity contribution in [1.29, 1.82) is 0 Å². The van der Waals surface area contributed by atoms with Gasteiger partial charge in [-0.15, -0.1) is 0 Å². The molecule has 7 heteroatoms. The Hall–Kier alpha value is -2.35. The smallest absolute Gasteiger partial charge is 0.169 e. The number of aliphatic hydroxyl groups excluding tert-OH is 2. The first-order valence-corrected chi connectivity index (χ1v) is 12.6. The summed E-state index contributed by atoms with van der Waals surface area (Å²) in [7, 11) is 3.95. The third-order valence-corrected chi connectivity index (χ3v) is 6.66. The van der Waals surface area contributed by atoms with Crippen LogP contribution in [-0.4, -0.2) is 73.0 Å². The van der Waals surface area contributed by atoms with Crippen molar-refractivity contribution in [3.05, 3.63) is 59.9 Å². The second kappa shape index (κ2) is 15.5. The van der Waals surface area contributed by atoms with Crippen LogP contribution in [0.1, 0.15) is 30.9 Å². The number of amidine groups is 1. The average Bonchev–Trinajstić information content (AvgIpc) is 2.85. The maximum absolute atomic E-state index is 9.19. The first kappa shape index (κ1) is 26.9. The highest BCUT2D eigenvalue weighted by atomic mass is 32.2. The Bertz CT molecular complexity index is 848. The summed E-state index contributed by atoms with van der Waals surface area (Å²) >= 11 is 1.84. The first-order valence-electron chi connectivity index (χ1n) is 11.7. The van der Waals surface area contributed by atoms with Gasteiger partial charge in [-0.3, -0.25) is 4.99 Å². The molecule has 1 heterocycles. The number of thioether (sulfide) groups is 1. The minimum absolute atomic E-state index is 0.0692. The molecule has 1 aromatic heterocycles. The third kappa shape index (κ3) is 9.58. The van der Waals surface area contributed by atoms with Crippen LogP contribution in [0.3, 0.4) is 0 Å². The van der Waals surface area contributed by atoms with E-state index in [4.69, 9.17) is 0 Å². The average molecular weight is 472 g/mol. The Morgan fingerprint density at radius 3 is 2.12 bits per heavy atom. The SMILES string of the molecule is CCN(C)C(=NC)SCCCC[n+]1ccc(/C=C/c2ccc(N(CCO)CCO)cc2)cc1. The molecule has 0 aliphatic rings. The van der Waals surface area contributed by atoms with Gasteiger partial charge in [0.25, 0.3) is 0 Å². The lowest BCUT2D eigenvalue weighted by atomic mass is 10.1. The highest BCUT2D eigenvalue weighted by Gasteiger charge is 2.06. The van der Waals surface area contributed by atoms with E-state index < -0.39 is 0 Å². The number of benzene rings is 1. The van der Waals surface area contributed by atoms with E-state index in [0.717, 1.165) is 41.7 Å². The minimum atomic E-state index is 0.0692. The molecule has 0 atom stereocenters. The van der Waals surface area contributed by atoms with E-state index in [2.05, 4.69) is 77.2 Å². The minimum Gasteiger partial charge on any atom is -0.395 e. The van der Waals surface area contributed by atoms with Gasteiger partial charge in [0.15, 0.2) is 17.6 Å². The monoisotopic (exact) mass is 471 g/mol. The van der Waals surface area contributed by atoms with Crippen molar-refractivity contribution < 1.29 is 14.8 Å². The zero-order valence-electron chi connectivity index (χ0n) is 20.2. The lowest BCUT2D eigenvalue weighted by Gasteiger charge is -2.22. The number of aromatic nitrogens is 1. The number of unbranched alkanes of at least 4 members (excludes halogenated alkanes) is 1. The van der Waals surface area contributed by atoms with Crippen molar-refractivity contribution >= 4 is 34.8 Å². The highest BCUT2D eigenvalue weighted by Crippen LogP contribution is 2.16. The summed E-state index contributed by atoms with van der Waals surface area (Å²) in [5.74, 6) is 1.09. The Balaban J connectivity index is 1.79. The second-order valence-electron chi connectivity index (χ2n) is 7.80. The van der Waals surface area contributed by atoms with Crippen LogP contribution in [0.5, 0.6) is 0 Å². The highest BCUT2D eigenvalue weighted by molar-refractivity contribution is 8.13. The molecular formula is C26H39N4O2S+. The number of nitrogens with zero attached hydrogens (tertiary/aromatic N) is 4. The molecule has 2 aromatic rings. The molecule has 0 unspecified atom stereocenters. The van der Waals surface area contributed by atoms with Crippen LogP contribution in [0.25, 0.3) is 12.2 Å². The van der Waals surface area contributed by atoms with Crippen LogP contribution in [0.15, 0.2) is 53.8 Å². The molecule has 6 nitrogen and oxygen atoms in total. The molecule has 2 rings (SSSR count). The van der Waals surface area contributed by atoms with Gasteiger partial charge in [0.1, 0.15) is 6.54 Å². The lowest BCUT2D eigenvalue weighted by Crippen LogP contribution is -2.32. The number of hydrogen-bond donors (Lipinski definition) is 2. The van der Waals surface area contributed by atoms with Gasteiger partial charge in [-0.2, -0.15) is 0 Å². The molecule has 0 aliphatic carbocycles. The Morgan fingerprint density at radius 1 is 0.970 bits per heavy atom. The predicted octanol–water partition coefficient (Wildman–Crippen LogP) is 3.39. The van der Waals surface area contributed by atoms with Gasteiger partial charge in [-0.25, -0.2) is 4.57 Å². The van der Waals surface area contributed by atoms with Gasteiger partial charge in [-0.1, -0.05) is 36.0 Å². The number of aryl methyl sites for hydroxylation is 1. The quantitative estimate of drug-likeness (QED) is 0.203. The van der Waals surface area contributed by atoms with Gasteiger partial charge in [0.05, 0.1) is 13.2 Å². The molecule has 1 aromatic carbocycles. The second-order valence-corrected chi connectivity index (χ2v) is 8.87. The number of rotatable bonds is 13. The molecule has 0 fully saturated rings. The number of pyridine rings is 1. The molecule has 33 heavy (non-hydrogen) atoms. The first-order chi connectivity index (χ1) is 16.1. The Morgan fingerprint density at radius 2 is 1.58 bits per heavy atom. The molecule has 0 saturated heterocycles. The molecule has 0 amide bonds. The fourth-order valence-corrected chi connectivity index (χ4v) is 4.38. The summed E-state index contributed by atoms with van der Waals surface area (Å²) < 4.78 is 2.24. The van der Waals surface area contributed by atoms with Crippen LogP contribution < -0.4 is 9.47 Å². The Labute approximate surface area is 203 Å². The fourth-order valence-electron chi connectivity index (χ4n) is 3.37. The summed E-state index contributed by atoms with van der Waals surface area (Å²) in [4.78, 5) is 8.52. The maximum Gasteiger partial charge on any atom is 0.169 e. The van der Waals surface area contributed by atoms with Gasteiger partial charge in [0.2, 0.25) is 0 Å². The third-order valence-electron chi connectivity index (χ3n) is 5.42. The maximum atomic E-state index is 9.19. The van der Waals surface area contributed by atoms with E-state index >= 15 is 0 Å². The van der Waals surface area contributed by atoms with E-state index in [-0.39, 0.29) is 13.2 Å². The van der Waals surface area contributed by atoms with Gasteiger partial charge < -0.3 is 20.0 Å². The normalized spacial score (nSPS) is 11.8. The van der Waals surface area contributed by atoms with Gasteiger partial charge in [-0.05, 0) is 36.6 Å². The number of anilines is 1. The standard InChI is InChI=1S/C26H39N4O2S/c1-4-28(3)26(27-2)33-22-6-5-15-29-16-13-24(14-17-29)8-7-23-9-11-25(12-10-23)30(18-20-31)19-21-32/h7-14,16-17,31-32H,4-6,15,18-22H2,1-3H3/q+1. The zero-order valence-corrected chi connectivity index (χ0v) is 21.0. The van der Waals surface area contributed by atoms with Crippen molar-refractivity contribution in [1.82, 2.24) is 4.90 Å². The summed E-state index contributed by atoms with van der Waals surface area (Å²) in [5, 5.41) is 19.5. The van der Waals surface area contributed by atoms with Crippen LogP contribution in [0, 0.1) is 0 Å². The van der Waals surface area contributed by atoms with Gasteiger partial charge >= 0.3 is 0 Å². The molecule has 0 spiro atoms. The predicted molar refractivity (Wildman–Crippen MR) is 142 cm³/mol. The Kier molecular flexibility index (Phi) is 12.6. The van der Waals surface area contributed by atoms with E-state index in [1.54, 1.807) is 0 Å². The van der Waals surface area contributed by atoms with Crippen molar-refractivity contribution in [2.75, 3.05) is 57.6 Å². The van der Waals surface area contributed by atoms with Gasteiger partial charge in [0, 0.05) is 63.7 Å². The van der Waals surface area contributed by atoms with E-state index in [1.807, 2.05) is 35.8 Å².